The molecule has 23 heavy (non-hydrogen) atoms. The first-order valence-electron chi connectivity index (χ1n) is 8.10. The number of nitrogens with zero attached hydrogens (tertiary/aromatic N) is 2. The zero-order valence-electron chi connectivity index (χ0n) is 13.6. The summed E-state index contributed by atoms with van der Waals surface area (Å²) in [7, 11) is 0. The highest BCUT2D eigenvalue weighted by Gasteiger charge is 2.36. The monoisotopic (exact) mass is 354 g/mol. The molecule has 1 saturated heterocycles. The number of hydrogen-bond donors (Lipinski definition) is 0. The van der Waals surface area contributed by atoms with Gasteiger partial charge < -0.3 is 13.8 Å². The average Bonchev–Trinajstić information content (AvgIpc) is 3.14. The van der Waals surface area contributed by atoms with Crippen LogP contribution in [0.5, 0.6) is 0 Å². The van der Waals surface area contributed by atoms with E-state index in [4.69, 9.17) is 30.6 Å². The Labute approximate surface area is 142 Å². The summed E-state index contributed by atoms with van der Waals surface area (Å²) in [6, 6.07) is 9.30. The van der Waals surface area contributed by atoms with Crippen LogP contribution in [0.1, 0.15) is 25.0 Å². The first kappa shape index (κ1) is 16.9. The van der Waals surface area contributed by atoms with Crippen molar-refractivity contribution in [2.24, 2.45) is 4.99 Å². The summed E-state index contributed by atoms with van der Waals surface area (Å²) >= 11 is 5.68. The molecule has 1 aromatic carbocycles. The van der Waals surface area contributed by atoms with Gasteiger partial charge in [-0.3, -0.25) is 4.67 Å². The molecule has 0 amide bonds. The van der Waals surface area contributed by atoms with Gasteiger partial charge in [0.05, 0.1) is 25.8 Å². The number of hydrogen-bond acceptors (Lipinski definition) is 5. The molecule has 0 saturated carbocycles. The van der Waals surface area contributed by atoms with Crippen molar-refractivity contribution in [1.29, 1.82) is 0 Å². The summed E-state index contributed by atoms with van der Waals surface area (Å²) < 4.78 is 19.2. The van der Waals surface area contributed by atoms with Gasteiger partial charge >= 0.3 is 0 Å². The molecule has 0 radical (unpaired) electrons. The zero-order chi connectivity index (χ0) is 16.3. The van der Waals surface area contributed by atoms with Crippen molar-refractivity contribution in [3.63, 3.8) is 0 Å². The Balaban J connectivity index is 1.78. The molecule has 0 aromatic heterocycles. The second-order valence-corrected chi connectivity index (χ2v) is 8.84. The van der Waals surface area contributed by atoms with Gasteiger partial charge in [0, 0.05) is 0 Å². The Bertz CT molecular complexity index is 603. The maximum Gasteiger partial charge on any atom is 0.295 e. The molecule has 2 aliphatic rings. The maximum atomic E-state index is 5.78. The predicted octanol–water partition coefficient (Wildman–Crippen LogP) is 3.14. The van der Waals surface area contributed by atoms with E-state index in [1.54, 1.807) is 0 Å². The van der Waals surface area contributed by atoms with Gasteiger partial charge in [-0.15, -0.1) is 0 Å². The number of benzene rings is 1. The topological polar surface area (TPSA) is 43.3 Å². The summed E-state index contributed by atoms with van der Waals surface area (Å²) in [5.74, 6) is 0. The zero-order valence-corrected chi connectivity index (χ0v) is 15.3. The quantitative estimate of drug-likeness (QED) is 0.735. The van der Waals surface area contributed by atoms with E-state index in [2.05, 4.69) is 24.3 Å². The van der Waals surface area contributed by atoms with E-state index in [1.807, 2.05) is 18.5 Å². The minimum Gasteiger partial charge on any atom is -0.463 e. The normalized spacial score (nSPS) is 20.1. The molecule has 0 atom stereocenters. The van der Waals surface area contributed by atoms with Gasteiger partial charge in [-0.25, -0.2) is 4.99 Å². The van der Waals surface area contributed by atoms with Gasteiger partial charge in [0.15, 0.2) is 0 Å². The van der Waals surface area contributed by atoms with Crippen molar-refractivity contribution in [2.45, 2.75) is 32.7 Å². The smallest absolute Gasteiger partial charge is 0.295 e. The molecule has 1 aliphatic carbocycles. The minimum absolute atomic E-state index is 0.203. The van der Waals surface area contributed by atoms with Gasteiger partial charge in [0.2, 0.25) is 0 Å². The summed E-state index contributed by atoms with van der Waals surface area (Å²) in [6.07, 6.45) is 1.89. The van der Waals surface area contributed by atoms with Crippen LogP contribution in [0.3, 0.4) is 0 Å². The molecule has 1 heterocycles. The lowest BCUT2D eigenvalue weighted by molar-refractivity contribution is 0.240. The highest BCUT2D eigenvalue weighted by Crippen LogP contribution is 2.53. The fourth-order valence-electron chi connectivity index (χ4n) is 3.01. The van der Waals surface area contributed by atoms with Crippen LogP contribution in [0.2, 0.25) is 0 Å². The SMILES string of the molecule is CCOP(=S)(OCC)N1CCOC1=NC1Cc2ccccc2C1. The number of fused-ring (bicyclic) bond motifs is 1. The van der Waals surface area contributed by atoms with Gasteiger partial charge in [-0.1, -0.05) is 24.3 Å². The number of aliphatic imine (C=N–C) groups is 1. The molecule has 0 spiro atoms. The molecule has 5 nitrogen and oxygen atoms in total. The predicted molar refractivity (Wildman–Crippen MR) is 95.3 cm³/mol. The molecule has 1 aromatic rings. The summed E-state index contributed by atoms with van der Waals surface area (Å²) in [5, 5.41) is 0. The van der Waals surface area contributed by atoms with Crippen molar-refractivity contribution in [3.8, 4) is 0 Å². The Kier molecular flexibility index (Phi) is 5.37. The van der Waals surface area contributed by atoms with Crippen molar-refractivity contribution in [1.82, 2.24) is 4.67 Å². The average molecular weight is 354 g/mol. The van der Waals surface area contributed by atoms with Crippen molar-refractivity contribution >= 4 is 24.5 Å². The van der Waals surface area contributed by atoms with Gasteiger partial charge in [-0.05, 0) is 49.6 Å². The Morgan fingerprint density at radius 3 is 2.39 bits per heavy atom. The molecule has 0 unspecified atom stereocenters. The molecular weight excluding hydrogens is 331 g/mol. The third-order valence-electron chi connectivity index (χ3n) is 3.96. The standard InChI is InChI=1S/C16H23N2O3PS/c1-3-20-22(23,21-4-2)18-9-10-19-16(18)17-15-11-13-7-5-6-8-14(13)12-15/h5-8,15H,3-4,9-12H2,1-2H3. The Morgan fingerprint density at radius 1 is 1.22 bits per heavy atom. The molecule has 126 valence electrons. The van der Waals surface area contributed by atoms with Crippen molar-refractivity contribution in [2.75, 3.05) is 26.4 Å². The van der Waals surface area contributed by atoms with E-state index < -0.39 is 6.64 Å². The molecule has 1 aliphatic heterocycles. The van der Waals surface area contributed by atoms with Crippen LogP contribution >= 0.6 is 6.64 Å². The molecule has 3 rings (SSSR count). The summed E-state index contributed by atoms with van der Waals surface area (Å²) in [4.78, 5) is 4.82. The van der Waals surface area contributed by atoms with Crippen LogP contribution in [0.15, 0.2) is 29.3 Å². The second-order valence-electron chi connectivity index (χ2n) is 5.52. The van der Waals surface area contributed by atoms with Crippen LogP contribution in [0.25, 0.3) is 0 Å². The lowest BCUT2D eigenvalue weighted by Crippen LogP contribution is -2.26. The van der Waals surface area contributed by atoms with E-state index >= 15 is 0 Å². The van der Waals surface area contributed by atoms with Crippen LogP contribution < -0.4 is 0 Å². The highest BCUT2D eigenvalue weighted by atomic mass is 32.5. The fraction of sp³-hybridized carbons (Fsp3) is 0.562. The van der Waals surface area contributed by atoms with Crippen molar-refractivity contribution < 1.29 is 13.8 Å². The van der Waals surface area contributed by atoms with E-state index in [-0.39, 0.29) is 6.04 Å². The molecule has 1 fully saturated rings. The summed E-state index contributed by atoms with van der Waals surface area (Å²) in [5.41, 5.74) is 2.75. The van der Waals surface area contributed by atoms with E-state index in [9.17, 15) is 0 Å². The first-order valence-corrected chi connectivity index (χ1v) is 10.7. The van der Waals surface area contributed by atoms with Crippen LogP contribution in [-0.4, -0.2) is 43.1 Å². The molecule has 0 bridgehead atoms. The van der Waals surface area contributed by atoms with Crippen molar-refractivity contribution in [3.05, 3.63) is 35.4 Å². The third-order valence-corrected chi connectivity index (χ3v) is 7.31. The number of amidine groups is 1. The Hall–Kier alpha value is -0.940. The maximum absolute atomic E-state index is 5.78. The molecule has 7 heteroatoms. The summed E-state index contributed by atoms with van der Waals surface area (Å²) in [6.45, 7) is 3.63. The van der Waals surface area contributed by atoms with Crippen LogP contribution in [-0.2, 0) is 38.4 Å². The van der Waals surface area contributed by atoms with E-state index in [0.29, 0.717) is 32.4 Å². The fourth-order valence-corrected chi connectivity index (χ4v) is 5.75. The highest BCUT2D eigenvalue weighted by molar-refractivity contribution is 8.09. The van der Waals surface area contributed by atoms with Crippen LogP contribution in [0, 0.1) is 0 Å². The lowest BCUT2D eigenvalue weighted by atomic mass is 10.1. The van der Waals surface area contributed by atoms with E-state index in [0.717, 1.165) is 12.8 Å². The van der Waals surface area contributed by atoms with E-state index in [1.165, 1.54) is 11.1 Å². The minimum atomic E-state index is -2.54. The Morgan fingerprint density at radius 2 is 1.83 bits per heavy atom. The van der Waals surface area contributed by atoms with Gasteiger partial charge in [0.25, 0.3) is 12.7 Å². The lowest BCUT2D eigenvalue weighted by Gasteiger charge is -2.29. The first-order chi connectivity index (χ1) is 11.2. The van der Waals surface area contributed by atoms with Crippen LogP contribution in [0.4, 0.5) is 0 Å². The largest absolute Gasteiger partial charge is 0.463 e. The number of rotatable bonds is 6. The molecule has 0 N–H and O–H groups in total. The third kappa shape index (κ3) is 3.61. The molecular formula is C16H23N2O3PS. The van der Waals surface area contributed by atoms with Gasteiger partial charge in [-0.2, -0.15) is 0 Å². The second kappa shape index (κ2) is 7.31. The van der Waals surface area contributed by atoms with Gasteiger partial charge in [0.1, 0.15) is 6.61 Å². The number of ether oxygens (including phenoxy) is 1.